The van der Waals surface area contributed by atoms with Crippen LogP contribution in [0.15, 0.2) is 56.9 Å². The molecule has 0 saturated carbocycles. The summed E-state index contributed by atoms with van der Waals surface area (Å²) in [5, 5.41) is 12.0. The number of ether oxygens (including phenoxy) is 3. The number of nitrogens with one attached hydrogen (secondary N) is 2. The van der Waals surface area contributed by atoms with Crippen LogP contribution in [-0.4, -0.2) is 90.5 Å². The SMILES string of the molecule is CCS(=O)(=O)c1ccc(Cl)cc1Cn1c(=O)[nH]c2c(Cl)c(CN3C[C@@H](CCNCc4ccc(OC)cc4OC)N(C(=O)O)C3=O)c(OC(F)(F)F)cc2c1=O. The zero-order chi connectivity index (χ0) is 40.4. The minimum Gasteiger partial charge on any atom is -0.497 e. The Labute approximate surface area is 321 Å². The number of hydrogen-bond donors (Lipinski definition) is 3. The molecule has 55 heavy (non-hydrogen) atoms. The highest BCUT2D eigenvalue weighted by atomic mass is 35.5. The number of carbonyl (C=O) groups excluding carboxylic acids is 1. The molecule has 5 rings (SSSR count). The van der Waals surface area contributed by atoms with Crippen molar-refractivity contribution in [3.63, 3.8) is 0 Å². The first-order valence-corrected chi connectivity index (χ1v) is 18.8. The lowest BCUT2D eigenvalue weighted by Gasteiger charge is -2.21. The number of aromatic nitrogens is 2. The molecular weight excluding hydrogens is 798 g/mol. The molecule has 3 amide bonds. The van der Waals surface area contributed by atoms with Crippen LogP contribution < -0.4 is 30.8 Å². The van der Waals surface area contributed by atoms with Gasteiger partial charge in [-0.1, -0.05) is 36.2 Å². The number of nitrogens with zero attached hydrogens (tertiary/aromatic N) is 3. The summed E-state index contributed by atoms with van der Waals surface area (Å²) in [4.78, 5) is 56.2. The fourth-order valence-electron chi connectivity index (χ4n) is 6.17. The lowest BCUT2D eigenvalue weighted by Crippen LogP contribution is -2.40. The molecule has 1 fully saturated rings. The van der Waals surface area contributed by atoms with E-state index in [9.17, 15) is 45.9 Å². The number of aromatic amines is 1. The number of halogens is 5. The Hall–Kier alpha value is -4.98. The Bertz CT molecular complexity index is 2370. The van der Waals surface area contributed by atoms with Crippen molar-refractivity contribution in [2.24, 2.45) is 0 Å². The average Bonchev–Trinajstić information content (AvgIpc) is 3.44. The molecule has 2 heterocycles. The monoisotopic (exact) mass is 831 g/mol. The van der Waals surface area contributed by atoms with Crippen molar-refractivity contribution < 1.29 is 50.5 Å². The van der Waals surface area contributed by atoms with E-state index in [0.717, 1.165) is 10.5 Å². The summed E-state index contributed by atoms with van der Waals surface area (Å²) in [6.07, 6.45) is -6.80. The normalized spacial score (nSPS) is 14.8. The highest BCUT2D eigenvalue weighted by Gasteiger charge is 2.42. The van der Waals surface area contributed by atoms with Gasteiger partial charge in [0.05, 0.1) is 59.9 Å². The minimum atomic E-state index is -5.32. The van der Waals surface area contributed by atoms with E-state index in [-0.39, 0.29) is 40.7 Å². The molecule has 4 aromatic rings. The van der Waals surface area contributed by atoms with Gasteiger partial charge in [-0.2, -0.15) is 0 Å². The first-order valence-electron chi connectivity index (χ1n) is 16.4. The highest BCUT2D eigenvalue weighted by Crippen LogP contribution is 2.37. The molecular formula is C34H34Cl2F3N5O10S. The van der Waals surface area contributed by atoms with E-state index in [1.165, 1.54) is 39.3 Å². The maximum Gasteiger partial charge on any atom is 0.573 e. The second-order valence-corrected chi connectivity index (χ2v) is 15.3. The molecule has 1 aliphatic rings. The second-order valence-electron chi connectivity index (χ2n) is 12.2. The number of hydrogen-bond acceptors (Lipinski definition) is 10. The largest absolute Gasteiger partial charge is 0.573 e. The third-order valence-electron chi connectivity index (χ3n) is 8.86. The number of urea groups is 1. The predicted octanol–water partition coefficient (Wildman–Crippen LogP) is 5.22. The van der Waals surface area contributed by atoms with E-state index in [0.29, 0.717) is 33.6 Å². The zero-order valence-corrected chi connectivity index (χ0v) is 31.7. The quantitative estimate of drug-likeness (QED) is 0.141. The van der Waals surface area contributed by atoms with E-state index >= 15 is 0 Å². The number of fused-ring (bicyclic) bond motifs is 1. The number of benzene rings is 3. The molecule has 0 bridgehead atoms. The maximum atomic E-state index is 13.8. The molecule has 296 valence electrons. The Morgan fingerprint density at radius 3 is 2.38 bits per heavy atom. The summed E-state index contributed by atoms with van der Waals surface area (Å²) in [6.45, 7) is 0.331. The van der Waals surface area contributed by atoms with Gasteiger partial charge in [0.2, 0.25) is 0 Å². The van der Waals surface area contributed by atoms with Gasteiger partial charge in [-0.05, 0) is 48.9 Å². The molecule has 0 aliphatic carbocycles. The Kier molecular flexibility index (Phi) is 12.3. The van der Waals surface area contributed by atoms with Crippen LogP contribution >= 0.6 is 23.2 Å². The lowest BCUT2D eigenvalue weighted by molar-refractivity contribution is -0.274. The van der Waals surface area contributed by atoms with Gasteiger partial charge in [-0.25, -0.2) is 27.7 Å². The molecule has 0 radical (unpaired) electrons. The fraction of sp³-hybridized carbons (Fsp3) is 0.353. The smallest absolute Gasteiger partial charge is 0.497 e. The Morgan fingerprint density at radius 1 is 1.02 bits per heavy atom. The highest BCUT2D eigenvalue weighted by molar-refractivity contribution is 7.91. The van der Waals surface area contributed by atoms with Crippen molar-refractivity contribution in [1.29, 1.82) is 0 Å². The topological polar surface area (TPSA) is 190 Å². The van der Waals surface area contributed by atoms with Crippen LogP contribution in [0.25, 0.3) is 10.9 Å². The Balaban J connectivity index is 1.46. The number of sulfone groups is 1. The second kappa shape index (κ2) is 16.4. The molecule has 0 unspecified atom stereocenters. The van der Waals surface area contributed by atoms with Crippen LogP contribution in [0.2, 0.25) is 10.0 Å². The summed E-state index contributed by atoms with van der Waals surface area (Å²) in [5.41, 5.74) is -2.38. The predicted molar refractivity (Wildman–Crippen MR) is 194 cm³/mol. The summed E-state index contributed by atoms with van der Waals surface area (Å²) in [6, 6.07) is 7.67. The third kappa shape index (κ3) is 8.95. The van der Waals surface area contributed by atoms with Crippen LogP contribution in [0.4, 0.5) is 22.8 Å². The van der Waals surface area contributed by atoms with Gasteiger partial charge in [0.15, 0.2) is 9.84 Å². The van der Waals surface area contributed by atoms with Crippen LogP contribution in [0.1, 0.15) is 30.0 Å². The molecule has 15 nitrogen and oxygen atoms in total. The molecule has 3 N–H and O–H groups in total. The number of alkyl halides is 3. The van der Waals surface area contributed by atoms with Crippen LogP contribution in [0.5, 0.6) is 17.2 Å². The summed E-state index contributed by atoms with van der Waals surface area (Å²) in [5.74, 6) is -0.188. The van der Waals surface area contributed by atoms with E-state index in [1.54, 1.807) is 18.2 Å². The van der Waals surface area contributed by atoms with Crippen molar-refractivity contribution >= 4 is 56.1 Å². The first kappa shape index (κ1) is 41.2. The lowest BCUT2D eigenvalue weighted by atomic mass is 10.1. The number of imide groups is 1. The number of rotatable bonds is 14. The van der Waals surface area contributed by atoms with Crippen molar-refractivity contribution in [2.75, 3.05) is 33.1 Å². The molecule has 1 saturated heterocycles. The standard InChI is InChI=1S/C34H34Cl2F3N5O10S/c1-4-55(50,51)27-8-6-20(35)11-19(27)15-43-30(45)23-13-26(54-34(37,38)39)24(28(36)29(23)41-31(43)46)17-42-16-21(44(32(42)47)33(48)49)9-10-40-14-18-5-7-22(52-2)12-25(18)53-3/h5-8,11-13,21,40H,4,9-10,14-17H2,1-3H3,(H,41,46)(H,48,49)/t21-/m1/s1. The number of H-pyrrole nitrogens is 1. The van der Waals surface area contributed by atoms with Crippen molar-refractivity contribution in [1.82, 2.24) is 24.7 Å². The van der Waals surface area contributed by atoms with Gasteiger partial charge >= 0.3 is 24.2 Å². The van der Waals surface area contributed by atoms with Gasteiger partial charge in [-0.3, -0.25) is 9.36 Å². The van der Waals surface area contributed by atoms with Crippen molar-refractivity contribution in [3.05, 3.63) is 90.0 Å². The van der Waals surface area contributed by atoms with Crippen LogP contribution in [-0.2, 0) is 29.5 Å². The average molecular weight is 833 g/mol. The first-order chi connectivity index (χ1) is 25.9. The summed E-state index contributed by atoms with van der Waals surface area (Å²) >= 11 is 12.6. The van der Waals surface area contributed by atoms with Gasteiger partial charge < -0.3 is 34.5 Å². The zero-order valence-electron chi connectivity index (χ0n) is 29.3. The maximum absolute atomic E-state index is 13.8. The van der Waals surface area contributed by atoms with E-state index in [4.69, 9.17) is 32.7 Å². The van der Waals surface area contributed by atoms with Gasteiger partial charge in [0, 0.05) is 35.3 Å². The molecule has 1 atom stereocenters. The number of carboxylic acid groups (broad SMARTS) is 1. The molecule has 1 aromatic heterocycles. The number of methoxy groups -OCH3 is 2. The fourth-order valence-corrected chi connectivity index (χ4v) is 7.78. The number of carbonyl (C=O) groups is 2. The third-order valence-corrected chi connectivity index (χ3v) is 11.3. The van der Waals surface area contributed by atoms with Crippen molar-refractivity contribution in [3.8, 4) is 17.2 Å². The van der Waals surface area contributed by atoms with Crippen LogP contribution in [0, 0.1) is 0 Å². The molecule has 3 aromatic carbocycles. The van der Waals surface area contributed by atoms with Crippen LogP contribution in [0.3, 0.4) is 0 Å². The molecule has 1 aliphatic heterocycles. The molecule has 21 heteroatoms. The Morgan fingerprint density at radius 2 is 1.75 bits per heavy atom. The molecule has 0 spiro atoms. The summed E-state index contributed by atoms with van der Waals surface area (Å²) < 4.78 is 82.1. The minimum absolute atomic E-state index is 0.0310. The van der Waals surface area contributed by atoms with Gasteiger partial charge in [0.25, 0.3) is 5.56 Å². The van der Waals surface area contributed by atoms with Gasteiger partial charge in [-0.15, -0.1) is 13.2 Å². The number of amides is 3. The van der Waals surface area contributed by atoms with E-state index in [2.05, 4.69) is 15.0 Å². The summed E-state index contributed by atoms with van der Waals surface area (Å²) in [7, 11) is -0.864. The van der Waals surface area contributed by atoms with Gasteiger partial charge in [0.1, 0.15) is 17.2 Å². The van der Waals surface area contributed by atoms with Crippen molar-refractivity contribution in [2.45, 2.75) is 50.3 Å². The van der Waals surface area contributed by atoms with E-state index < -0.39 is 85.9 Å². The van der Waals surface area contributed by atoms with E-state index in [1.807, 2.05) is 0 Å².